The molecule has 3 nitrogen and oxygen atoms in total. The molecule has 0 aromatic heterocycles. The van der Waals surface area contributed by atoms with Crippen LogP contribution in [0.2, 0.25) is 0 Å². The molecular formula is C42H53O3P. The van der Waals surface area contributed by atoms with E-state index in [1.54, 1.807) is 18.2 Å². The summed E-state index contributed by atoms with van der Waals surface area (Å²) in [4.78, 5) is 36.6. The van der Waals surface area contributed by atoms with Crippen molar-refractivity contribution >= 4 is 39.4 Å². The van der Waals surface area contributed by atoms with Crippen molar-refractivity contribution in [3.05, 3.63) is 107 Å². The van der Waals surface area contributed by atoms with Gasteiger partial charge < -0.3 is 0 Å². The molecule has 46 heavy (non-hydrogen) atoms. The van der Waals surface area contributed by atoms with Crippen LogP contribution < -0.4 is 10.6 Å². The van der Waals surface area contributed by atoms with Gasteiger partial charge in [-0.2, -0.15) is 0 Å². The summed E-state index contributed by atoms with van der Waals surface area (Å²) in [6.45, 7) is 26.5. The first kappa shape index (κ1) is 34.3. The second-order valence-electron chi connectivity index (χ2n) is 17.4. The number of hydrogen-bond acceptors (Lipinski definition) is 3. The van der Waals surface area contributed by atoms with E-state index in [0.717, 1.165) is 27.5 Å². The molecule has 5 aromatic rings. The molecule has 0 unspecified atom stereocenters. The Balaban J connectivity index is 1.91. The van der Waals surface area contributed by atoms with E-state index in [4.69, 9.17) is 0 Å². The van der Waals surface area contributed by atoms with Crippen molar-refractivity contribution in [1.29, 1.82) is 0 Å². The van der Waals surface area contributed by atoms with Crippen LogP contribution in [0.15, 0.2) is 84.9 Å². The van der Waals surface area contributed by atoms with Crippen molar-refractivity contribution in [3.63, 3.8) is 0 Å². The zero-order valence-corrected chi connectivity index (χ0v) is 30.8. The third-order valence-electron chi connectivity index (χ3n) is 9.31. The standard InChI is InChI=1S/C42H53O3P/c1-39(2,3)30-22-29-24-35(40(4,5)6)34(26-33(29)36(25-30)41(7,8)9)32-18-15-19-37(38(32)42(10,11)12)46(43,44,45)31-21-20-27-16-13-14-17-28(27)23-31/h13-26,43-45H,1-12H3. The van der Waals surface area contributed by atoms with Gasteiger partial charge in [0.1, 0.15) is 0 Å². The molecule has 0 bridgehead atoms. The first-order chi connectivity index (χ1) is 20.9. The third kappa shape index (κ3) is 6.16. The average molecular weight is 637 g/mol. The summed E-state index contributed by atoms with van der Waals surface area (Å²) >= 11 is 0. The van der Waals surface area contributed by atoms with Crippen LogP contribution in [-0.2, 0) is 21.7 Å². The molecular weight excluding hydrogens is 583 g/mol. The number of rotatable bonds is 3. The predicted octanol–water partition coefficient (Wildman–Crippen LogP) is 10.1. The fourth-order valence-corrected chi connectivity index (χ4v) is 9.01. The second-order valence-corrected chi connectivity index (χ2v) is 20.3. The summed E-state index contributed by atoms with van der Waals surface area (Å²) in [5.41, 5.74) is 5.61. The summed E-state index contributed by atoms with van der Waals surface area (Å²) < 4.78 is 0. The topological polar surface area (TPSA) is 60.7 Å². The maximum atomic E-state index is 12.2. The molecule has 0 aliphatic carbocycles. The molecule has 0 aliphatic rings. The van der Waals surface area contributed by atoms with Crippen molar-refractivity contribution in [2.45, 2.75) is 105 Å². The zero-order valence-electron chi connectivity index (χ0n) is 29.9. The number of hydrogen-bond donors (Lipinski definition) is 3. The Labute approximate surface area is 276 Å². The van der Waals surface area contributed by atoms with Crippen molar-refractivity contribution in [1.82, 2.24) is 0 Å². The molecule has 0 saturated carbocycles. The average Bonchev–Trinajstić information content (AvgIpc) is 2.93. The normalized spacial score (nSPS) is 14.5. The summed E-state index contributed by atoms with van der Waals surface area (Å²) in [6.07, 6.45) is 0. The number of benzene rings is 5. The summed E-state index contributed by atoms with van der Waals surface area (Å²) in [6, 6.07) is 28.0. The molecule has 0 atom stereocenters. The van der Waals surface area contributed by atoms with Crippen molar-refractivity contribution in [2.24, 2.45) is 0 Å². The van der Waals surface area contributed by atoms with Gasteiger partial charge in [0.05, 0.1) is 0 Å². The molecule has 5 aromatic carbocycles. The molecule has 0 saturated heterocycles. The fraction of sp³-hybridized carbons (Fsp3) is 0.381. The van der Waals surface area contributed by atoms with Gasteiger partial charge in [-0.1, -0.05) is 0 Å². The van der Waals surface area contributed by atoms with Gasteiger partial charge in [-0.05, 0) is 0 Å². The quantitative estimate of drug-likeness (QED) is 0.173. The first-order valence-electron chi connectivity index (χ1n) is 16.4. The molecule has 5 rings (SSSR count). The van der Waals surface area contributed by atoms with Crippen LogP contribution >= 0.6 is 7.28 Å². The van der Waals surface area contributed by atoms with E-state index in [9.17, 15) is 14.7 Å². The van der Waals surface area contributed by atoms with Gasteiger partial charge in [-0.3, -0.25) is 0 Å². The van der Waals surface area contributed by atoms with Crippen LogP contribution in [0.25, 0.3) is 32.7 Å². The van der Waals surface area contributed by atoms with Crippen molar-refractivity contribution < 1.29 is 14.7 Å². The van der Waals surface area contributed by atoms with E-state index in [-0.39, 0.29) is 26.9 Å². The van der Waals surface area contributed by atoms with E-state index >= 15 is 0 Å². The van der Waals surface area contributed by atoms with Crippen LogP contribution in [-0.4, -0.2) is 14.7 Å². The van der Waals surface area contributed by atoms with Crippen LogP contribution in [0.4, 0.5) is 0 Å². The predicted molar refractivity (Wildman–Crippen MR) is 201 cm³/mol. The third-order valence-corrected chi connectivity index (χ3v) is 11.8. The van der Waals surface area contributed by atoms with E-state index < -0.39 is 12.7 Å². The monoisotopic (exact) mass is 636 g/mol. The van der Waals surface area contributed by atoms with Crippen LogP contribution in [0, 0.1) is 0 Å². The van der Waals surface area contributed by atoms with Gasteiger partial charge in [0.2, 0.25) is 0 Å². The van der Waals surface area contributed by atoms with Crippen molar-refractivity contribution in [2.75, 3.05) is 0 Å². The zero-order chi connectivity index (χ0) is 34.3. The summed E-state index contributed by atoms with van der Waals surface area (Å²) in [5.74, 6) is 0. The Morgan fingerprint density at radius 3 is 1.63 bits per heavy atom. The molecule has 0 amide bonds. The van der Waals surface area contributed by atoms with E-state index in [2.05, 4.69) is 113 Å². The van der Waals surface area contributed by atoms with E-state index in [1.165, 1.54) is 27.5 Å². The number of fused-ring (bicyclic) bond motifs is 2. The Bertz CT molecular complexity index is 1960. The summed E-state index contributed by atoms with van der Waals surface area (Å²) in [7, 11) is -5.59. The van der Waals surface area contributed by atoms with Crippen molar-refractivity contribution in [3.8, 4) is 11.1 Å². The van der Waals surface area contributed by atoms with Crippen LogP contribution in [0.3, 0.4) is 0 Å². The van der Waals surface area contributed by atoms with Gasteiger partial charge in [-0.25, -0.2) is 0 Å². The minimum absolute atomic E-state index is 0.00334. The first-order valence-corrected chi connectivity index (χ1v) is 18.5. The van der Waals surface area contributed by atoms with Gasteiger partial charge in [0.15, 0.2) is 0 Å². The minimum atomic E-state index is -5.59. The van der Waals surface area contributed by atoms with Gasteiger partial charge >= 0.3 is 277 Å². The molecule has 0 radical (unpaired) electrons. The molecule has 244 valence electrons. The fourth-order valence-electron chi connectivity index (χ4n) is 6.78. The molecule has 4 heteroatoms. The molecule has 3 N–H and O–H groups in total. The molecule has 0 heterocycles. The van der Waals surface area contributed by atoms with E-state index in [0.29, 0.717) is 0 Å². The van der Waals surface area contributed by atoms with E-state index in [1.807, 2.05) is 36.4 Å². The van der Waals surface area contributed by atoms with Gasteiger partial charge in [0, 0.05) is 0 Å². The molecule has 0 fully saturated rings. The Hall–Kier alpha value is -3.07. The second kappa shape index (κ2) is 10.7. The van der Waals surface area contributed by atoms with Crippen LogP contribution in [0.1, 0.15) is 105 Å². The molecule has 0 aliphatic heterocycles. The Kier molecular flexibility index (Phi) is 7.99. The summed E-state index contributed by atoms with van der Waals surface area (Å²) in [5, 5.41) is 4.53. The van der Waals surface area contributed by atoms with Gasteiger partial charge in [-0.15, -0.1) is 0 Å². The van der Waals surface area contributed by atoms with Crippen LogP contribution in [0.5, 0.6) is 0 Å². The Morgan fingerprint density at radius 1 is 0.457 bits per heavy atom. The molecule has 0 spiro atoms. The maximum absolute atomic E-state index is 12.2. The van der Waals surface area contributed by atoms with Gasteiger partial charge in [0.25, 0.3) is 0 Å². The Morgan fingerprint density at radius 2 is 1.07 bits per heavy atom. The SMILES string of the molecule is CC(C)(C)c1cc(C(C)(C)C)c2cc(-c3cccc(P(O)(O)(O)c4ccc5ccccc5c4)c3C(C)(C)C)c(C(C)(C)C)cc2c1.